The van der Waals surface area contributed by atoms with Crippen molar-refractivity contribution in [2.24, 2.45) is 0 Å². The number of rotatable bonds is 9. The lowest BCUT2D eigenvalue weighted by atomic mass is 10.1. The van der Waals surface area contributed by atoms with Crippen LogP contribution in [0.4, 0.5) is 0 Å². The zero-order valence-corrected chi connectivity index (χ0v) is 17.6. The lowest BCUT2D eigenvalue weighted by molar-refractivity contribution is 0.0925. The maximum atomic E-state index is 12.4. The molecule has 0 saturated carbocycles. The van der Waals surface area contributed by atoms with Crippen LogP contribution in [0.2, 0.25) is 5.02 Å². The molecular weight excluding hydrogens is 410 g/mol. The Morgan fingerprint density at radius 1 is 1.07 bits per heavy atom. The Balaban J connectivity index is 1.48. The van der Waals surface area contributed by atoms with Crippen LogP contribution in [0, 0.1) is 0 Å². The van der Waals surface area contributed by atoms with Gasteiger partial charge in [-0.3, -0.25) is 9.00 Å². The van der Waals surface area contributed by atoms with Crippen molar-refractivity contribution >= 4 is 28.3 Å². The van der Waals surface area contributed by atoms with Crippen LogP contribution in [0.5, 0.6) is 5.75 Å². The SMILES string of the molecule is CCOc1ccc(CCNC(=O)c2ccc(C[S@](=O)c3ccc(Cl)cc3)o2)cc1. The fraction of sp³-hybridized carbons (Fsp3) is 0.227. The van der Waals surface area contributed by atoms with E-state index in [2.05, 4.69) is 5.32 Å². The summed E-state index contributed by atoms with van der Waals surface area (Å²) in [7, 11) is -1.27. The number of furan rings is 1. The smallest absolute Gasteiger partial charge is 0.287 e. The van der Waals surface area contributed by atoms with Gasteiger partial charge in [-0.1, -0.05) is 23.7 Å². The fourth-order valence-electron chi connectivity index (χ4n) is 2.70. The first-order chi connectivity index (χ1) is 14.0. The molecular formula is C22H22ClNO4S. The van der Waals surface area contributed by atoms with E-state index in [1.54, 1.807) is 36.4 Å². The van der Waals surface area contributed by atoms with Gasteiger partial charge in [-0.05, 0) is 67.4 Å². The highest BCUT2D eigenvalue weighted by atomic mass is 35.5. The summed E-state index contributed by atoms with van der Waals surface area (Å²) in [4.78, 5) is 12.9. The highest BCUT2D eigenvalue weighted by Gasteiger charge is 2.13. The number of hydrogen-bond acceptors (Lipinski definition) is 4. The zero-order valence-electron chi connectivity index (χ0n) is 16.0. The first-order valence-electron chi connectivity index (χ1n) is 9.27. The van der Waals surface area contributed by atoms with Crippen molar-refractivity contribution in [3.05, 3.63) is 82.8 Å². The van der Waals surface area contributed by atoms with Gasteiger partial charge in [0.05, 0.1) is 23.2 Å². The third-order valence-corrected chi connectivity index (χ3v) is 5.77. The van der Waals surface area contributed by atoms with Crippen LogP contribution in [-0.2, 0) is 23.0 Å². The van der Waals surface area contributed by atoms with Gasteiger partial charge in [0.25, 0.3) is 5.91 Å². The maximum Gasteiger partial charge on any atom is 0.287 e. The molecule has 0 radical (unpaired) electrons. The second-order valence-corrected chi connectivity index (χ2v) is 8.18. The number of halogens is 1. The van der Waals surface area contributed by atoms with Crippen molar-refractivity contribution in [3.63, 3.8) is 0 Å². The molecule has 0 fully saturated rings. The lowest BCUT2D eigenvalue weighted by Gasteiger charge is -2.06. The molecule has 0 bridgehead atoms. The van der Waals surface area contributed by atoms with Gasteiger partial charge < -0.3 is 14.5 Å². The van der Waals surface area contributed by atoms with Gasteiger partial charge in [0, 0.05) is 16.5 Å². The highest BCUT2D eigenvalue weighted by molar-refractivity contribution is 7.84. The molecule has 1 amide bonds. The summed E-state index contributed by atoms with van der Waals surface area (Å²) in [5, 5.41) is 3.43. The predicted octanol–water partition coefficient (Wildman–Crippen LogP) is 4.61. The summed E-state index contributed by atoms with van der Waals surface area (Å²) in [6.07, 6.45) is 0.701. The number of benzene rings is 2. The van der Waals surface area contributed by atoms with E-state index < -0.39 is 10.8 Å². The number of carbonyl (C=O) groups excluding carboxylic acids is 1. The van der Waals surface area contributed by atoms with E-state index in [-0.39, 0.29) is 17.4 Å². The van der Waals surface area contributed by atoms with Gasteiger partial charge in [0.1, 0.15) is 11.5 Å². The van der Waals surface area contributed by atoms with Crippen LogP contribution in [0.25, 0.3) is 0 Å². The van der Waals surface area contributed by atoms with Crippen LogP contribution < -0.4 is 10.1 Å². The molecule has 7 heteroatoms. The molecule has 0 saturated heterocycles. The summed E-state index contributed by atoms with van der Waals surface area (Å²) >= 11 is 5.85. The summed E-state index contributed by atoms with van der Waals surface area (Å²) in [6.45, 7) is 3.06. The fourth-order valence-corrected chi connectivity index (χ4v) is 3.85. The van der Waals surface area contributed by atoms with E-state index in [1.807, 2.05) is 31.2 Å². The van der Waals surface area contributed by atoms with Crippen molar-refractivity contribution in [1.29, 1.82) is 0 Å². The van der Waals surface area contributed by atoms with Gasteiger partial charge in [-0.25, -0.2) is 0 Å². The van der Waals surface area contributed by atoms with Gasteiger partial charge >= 0.3 is 0 Å². The normalized spacial score (nSPS) is 11.8. The van der Waals surface area contributed by atoms with Gasteiger partial charge in [0.2, 0.25) is 0 Å². The minimum Gasteiger partial charge on any atom is -0.494 e. The number of amides is 1. The molecule has 152 valence electrons. The van der Waals surface area contributed by atoms with Crippen LogP contribution in [0.3, 0.4) is 0 Å². The average Bonchev–Trinajstić information content (AvgIpc) is 3.18. The molecule has 29 heavy (non-hydrogen) atoms. The van der Waals surface area contributed by atoms with E-state index in [9.17, 15) is 9.00 Å². The Morgan fingerprint density at radius 2 is 1.79 bits per heavy atom. The minimum atomic E-state index is -1.27. The molecule has 0 aliphatic carbocycles. The lowest BCUT2D eigenvalue weighted by Crippen LogP contribution is -2.25. The molecule has 0 aliphatic rings. The third-order valence-electron chi connectivity index (χ3n) is 4.17. The van der Waals surface area contributed by atoms with E-state index in [1.165, 1.54) is 0 Å². The minimum absolute atomic E-state index is 0.196. The predicted molar refractivity (Wildman–Crippen MR) is 114 cm³/mol. The second kappa shape index (κ2) is 10.3. The molecule has 0 aliphatic heterocycles. The van der Waals surface area contributed by atoms with Crippen molar-refractivity contribution in [2.75, 3.05) is 13.2 Å². The molecule has 2 aromatic carbocycles. The van der Waals surface area contributed by atoms with E-state index in [4.69, 9.17) is 20.8 Å². The molecule has 0 unspecified atom stereocenters. The largest absolute Gasteiger partial charge is 0.494 e. The molecule has 3 rings (SSSR count). The Hall–Kier alpha value is -2.57. The number of carbonyl (C=O) groups is 1. The summed E-state index contributed by atoms with van der Waals surface area (Å²) in [6, 6.07) is 17.9. The maximum absolute atomic E-state index is 12.4. The highest BCUT2D eigenvalue weighted by Crippen LogP contribution is 2.17. The summed E-state index contributed by atoms with van der Waals surface area (Å²) < 4.78 is 23.4. The first-order valence-corrected chi connectivity index (χ1v) is 11.0. The Kier molecular flexibility index (Phi) is 7.49. The molecule has 1 heterocycles. The van der Waals surface area contributed by atoms with E-state index in [0.717, 1.165) is 11.3 Å². The number of ether oxygens (including phenoxy) is 1. The standard InChI is InChI=1S/C22H22ClNO4S/c1-2-27-18-7-3-16(4-8-18)13-14-24-22(25)21-12-9-19(28-21)15-29(26)20-10-5-17(23)6-11-20/h3-12H,2,13-15H2,1H3,(H,24,25)/t29-/m0/s1. The first kappa shape index (κ1) is 21.1. The van der Waals surface area contributed by atoms with Crippen LogP contribution in [-0.4, -0.2) is 23.3 Å². The molecule has 3 aromatic rings. The zero-order chi connectivity index (χ0) is 20.6. The van der Waals surface area contributed by atoms with E-state index in [0.29, 0.717) is 35.3 Å². The molecule has 1 N–H and O–H groups in total. The quantitative estimate of drug-likeness (QED) is 0.537. The van der Waals surface area contributed by atoms with Gasteiger partial charge in [-0.15, -0.1) is 0 Å². The van der Waals surface area contributed by atoms with Crippen molar-refractivity contribution in [3.8, 4) is 5.75 Å². The third kappa shape index (κ3) is 6.21. The van der Waals surface area contributed by atoms with Crippen molar-refractivity contribution in [2.45, 2.75) is 24.0 Å². The monoisotopic (exact) mass is 431 g/mol. The van der Waals surface area contributed by atoms with Gasteiger partial charge in [0.15, 0.2) is 5.76 Å². The molecule has 1 aromatic heterocycles. The van der Waals surface area contributed by atoms with Crippen molar-refractivity contribution in [1.82, 2.24) is 5.32 Å². The summed E-state index contributed by atoms with van der Waals surface area (Å²) in [5.41, 5.74) is 1.10. The molecule has 1 atom stereocenters. The average molecular weight is 432 g/mol. The van der Waals surface area contributed by atoms with E-state index >= 15 is 0 Å². The Bertz CT molecular complexity index is 967. The number of hydrogen-bond donors (Lipinski definition) is 1. The Morgan fingerprint density at radius 3 is 2.48 bits per heavy atom. The van der Waals surface area contributed by atoms with Crippen molar-refractivity contribution < 1.29 is 18.2 Å². The topological polar surface area (TPSA) is 68.5 Å². The molecule has 0 spiro atoms. The van der Waals surface area contributed by atoms with Crippen LogP contribution >= 0.6 is 11.6 Å². The van der Waals surface area contributed by atoms with Gasteiger partial charge in [-0.2, -0.15) is 0 Å². The number of nitrogens with one attached hydrogen (secondary N) is 1. The second-order valence-electron chi connectivity index (χ2n) is 6.29. The Labute approximate surface area is 177 Å². The van der Waals surface area contributed by atoms with Crippen LogP contribution in [0.1, 0.15) is 28.8 Å². The summed E-state index contributed by atoms with van der Waals surface area (Å²) in [5.74, 6) is 1.44. The van der Waals surface area contributed by atoms with Crippen LogP contribution in [0.15, 0.2) is 70.0 Å². The molecule has 5 nitrogen and oxygen atoms in total.